The molecule has 2 aromatic rings. The number of hydrogen-bond donors (Lipinski definition) is 1. The highest BCUT2D eigenvalue weighted by molar-refractivity contribution is 7.20. The van der Waals surface area contributed by atoms with Crippen LogP contribution in [0.15, 0.2) is 24.3 Å². The number of ether oxygens (including phenoxy) is 1. The molecule has 0 amide bonds. The number of rotatable bonds is 2. The fraction of sp³-hybridized carbons (Fsp3) is 0.182. The SMILES string of the molecule is COC(=O)c1cc2c(CO)cccc2s1. The first kappa shape index (κ1) is 10.1. The van der Waals surface area contributed by atoms with Gasteiger partial charge in [0.1, 0.15) is 4.88 Å². The molecular weight excluding hydrogens is 212 g/mol. The van der Waals surface area contributed by atoms with E-state index in [2.05, 4.69) is 4.74 Å². The Balaban J connectivity index is 2.60. The summed E-state index contributed by atoms with van der Waals surface area (Å²) in [6.07, 6.45) is 0. The van der Waals surface area contributed by atoms with Crippen molar-refractivity contribution in [3.63, 3.8) is 0 Å². The van der Waals surface area contributed by atoms with Crippen molar-refractivity contribution < 1.29 is 14.6 Å². The molecule has 4 heteroatoms. The summed E-state index contributed by atoms with van der Waals surface area (Å²) >= 11 is 1.37. The smallest absolute Gasteiger partial charge is 0.348 e. The van der Waals surface area contributed by atoms with Gasteiger partial charge in [0.25, 0.3) is 0 Å². The Labute approximate surface area is 90.9 Å². The number of aliphatic hydroxyl groups is 1. The van der Waals surface area contributed by atoms with E-state index in [1.54, 1.807) is 6.07 Å². The molecule has 0 atom stereocenters. The van der Waals surface area contributed by atoms with Crippen LogP contribution in [0.3, 0.4) is 0 Å². The number of fused-ring (bicyclic) bond motifs is 1. The lowest BCUT2D eigenvalue weighted by molar-refractivity contribution is 0.0606. The first-order valence-corrected chi connectivity index (χ1v) is 5.28. The Hall–Kier alpha value is -1.39. The van der Waals surface area contributed by atoms with Crippen LogP contribution < -0.4 is 0 Å². The van der Waals surface area contributed by atoms with Crippen LogP contribution in [0.2, 0.25) is 0 Å². The molecule has 78 valence electrons. The first-order valence-electron chi connectivity index (χ1n) is 4.47. The van der Waals surface area contributed by atoms with Crippen LogP contribution in [0.1, 0.15) is 15.2 Å². The van der Waals surface area contributed by atoms with E-state index in [1.807, 2.05) is 18.2 Å². The molecule has 1 aromatic carbocycles. The standard InChI is InChI=1S/C11H10O3S/c1-14-11(13)10-5-8-7(6-12)3-2-4-9(8)15-10/h2-5,12H,6H2,1H3. The highest BCUT2D eigenvalue weighted by atomic mass is 32.1. The third-order valence-electron chi connectivity index (χ3n) is 2.21. The Morgan fingerprint density at radius 2 is 2.33 bits per heavy atom. The third-order valence-corrected chi connectivity index (χ3v) is 3.29. The molecule has 1 heterocycles. The molecule has 2 rings (SSSR count). The zero-order valence-corrected chi connectivity index (χ0v) is 9.00. The fourth-order valence-corrected chi connectivity index (χ4v) is 2.49. The van der Waals surface area contributed by atoms with Gasteiger partial charge in [0.2, 0.25) is 0 Å². The fourth-order valence-electron chi connectivity index (χ4n) is 1.46. The normalized spacial score (nSPS) is 10.5. The minimum atomic E-state index is -0.333. The lowest BCUT2D eigenvalue weighted by Crippen LogP contribution is -1.96. The van der Waals surface area contributed by atoms with Crippen molar-refractivity contribution in [1.82, 2.24) is 0 Å². The highest BCUT2D eigenvalue weighted by Gasteiger charge is 2.11. The molecule has 0 aliphatic carbocycles. The van der Waals surface area contributed by atoms with Crippen molar-refractivity contribution in [1.29, 1.82) is 0 Å². The maximum Gasteiger partial charge on any atom is 0.348 e. The van der Waals surface area contributed by atoms with Gasteiger partial charge in [-0.05, 0) is 23.1 Å². The van der Waals surface area contributed by atoms with Gasteiger partial charge in [-0.25, -0.2) is 4.79 Å². The summed E-state index contributed by atoms with van der Waals surface area (Å²) in [5.74, 6) is -0.333. The number of benzene rings is 1. The summed E-state index contributed by atoms with van der Waals surface area (Å²) < 4.78 is 5.64. The van der Waals surface area contributed by atoms with E-state index in [0.29, 0.717) is 4.88 Å². The monoisotopic (exact) mass is 222 g/mol. The molecular formula is C11H10O3S. The molecule has 0 spiro atoms. The largest absolute Gasteiger partial charge is 0.465 e. The Morgan fingerprint density at radius 3 is 3.00 bits per heavy atom. The van der Waals surface area contributed by atoms with Gasteiger partial charge in [-0.2, -0.15) is 0 Å². The Morgan fingerprint density at radius 1 is 1.53 bits per heavy atom. The number of methoxy groups -OCH3 is 1. The second-order valence-corrected chi connectivity index (χ2v) is 4.17. The Kier molecular flexibility index (Phi) is 2.70. The average Bonchev–Trinajstić information content (AvgIpc) is 2.71. The van der Waals surface area contributed by atoms with Gasteiger partial charge in [0, 0.05) is 4.70 Å². The summed E-state index contributed by atoms with van der Waals surface area (Å²) in [5.41, 5.74) is 0.832. The minimum absolute atomic E-state index is 0.0192. The van der Waals surface area contributed by atoms with E-state index in [0.717, 1.165) is 15.6 Å². The van der Waals surface area contributed by atoms with E-state index in [4.69, 9.17) is 5.11 Å². The van der Waals surface area contributed by atoms with E-state index >= 15 is 0 Å². The number of hydrogen-bond acceptors (Lipinski definition) is 4. The van der Waals surface area contributed by atoms with Gasteiger partial charge in [0.05, 0.1) is 13.7 Å². The van der Waals surface area contributed by atoms with Crippen LogP contribution in [0.25, 0.3) is 10.1 Å². The molecule has 0 radical (unpaired) electrons. The molecule has 0 aliphatic heterocycles. The zero-order chi connectivity index (χ0) is 10.8. The van der Waals surface area contributed by atoms with Crippen molar-refractivity contribution in [3.05, 3.63) is 34.7 Å². The van der Waals surface area contributed by atoms with Crippen LogP contribution in [0, 0.1) is 0 Å². The van der Waals surface area contributed by atoms with E-state index < -0.39 is 0 Å². The maximum atomic E-state index is 11.3. The van der Waals surface area contributed by atoms with Crippen LogP contribution >= 0.6 is 11.3 Å². The quantitative estimate of drug-likeness (QED) is 0.792. The van der Waals surface area contributed by atoms with E-state index in [1.165, 1.54) is 18.4 Å². The summed E-state index contributed by atoms with van der Waals surface area (Å²) in [5, 5.41) is 10.1. The molecule has 0 saturated heterocycles. The number of carbonyl (C=O) groups is 1. The van der Waals surface area contributed by atoms with Crippen molar-refractivity contribution in [2.45, 2.75) is 6.61 Å². The van der Waals surface area contributed by atoms with E-state index in [9.17, 15) is 4.79 Å². The van der Waals surface area contributed by atoms with Crippen LogP contribution in [-0.2, 0) is 11.3 Å². The van der Waals surface area contributed by atoms with Gasteiger partial charge in [0.15, 0.2) is 0 Å². The molecule has 0 saturated carbocycles. The van der Waals surface area contributed by atoms with Crippen molar-refractivity contribution in [2.75, 3.05) is 7.11 Å². The van der Waals surface area contributed by atoms with E-state index in [-0.39, 0.29) is 12.6 Å². The molecule has 15 heavy (non-hydrogen) atoms. The van der Waals surface area contributed by atoms with Gasteiger partial charge in [-0.1, -0.05) is 12.1 Å². The third kappa shape index (κ3) is 1.73. The molecule has 0 aliphatic rings. The van der Waals surface area contributed by atoms with Crippen molar-refractivity contribution in [2.24, 2.45) is 0 Å². The first-order chi connectivity index (χ1) is 7.26. The minimum Gasteiger partial charge on any atom is -0.465 e. The number of aliphatic hydroxyl groups excluding tert-OH is 1. The number of thiophene rings is 1. The lowest BCUT2D eigenvalue weighted by atomic mass is 10.1. The summed E-state index contributed by atoms with van der Waals surface area (Å²) in [4.78, 5) is 11.9. The second-order valence-electron chi connectivity index (χ2n) is 3.09. The lowest BCUT2D eigenvalue weighted by Gasteiger charge is -1.96. The molecule has 0 bridgehead atoms. The second kappa shape index (κ2) is 4.00. The van der Waals surface area contributed by atoms with Gasteiger partial charge in [-0.3, -0.25) is 0 Å². The summed E-state index contributed by atoms with van der Waals surface area (Å²) in [7, 11) is 1.36. The van der Waals surface area contributed by atoms with Gasteiger partial charge >= 0.3 is 5.97 Å². The summed E-state index contributed by atoms with van der Waals surface area (Å²) in [6.45, 7) is -0.0192. The average molecular weight is 222 g/mol. The van der Waals surface area contributed by atoms with Crippen LogP contribution in [-0.4, -0.2) is 18.2 Å². The molecule has 3 nitrogen and oxygen atoms in total. The number of esters is 1. The van der Waals surface area contributed by atoms with Crippen LogP contribution in [0.4, 0.5) is 0 Å². The predicted octanol–water partition coefficient (Wildman–Crippen LogP) is 2.18. The molecule has 1 aromatic heterocycles. The van der Waals surface area contributed by atoms with Gasteiger partial charge in [-0.15, -0.1) is 11.3 Å². The number of carbonyl (C=O) groups excluding carboxylic acids is 1. The molecule has 1 N–H and O–H groups in total. The van der Waals surface area contributed by atoms with Crippen LogP contribution in [0.5, 0.6) is 0 Å². The highest BCUT2D eigenvalue weighted by Crippen LogP contribution is 2.28. The molecule has 0 unspecified atom stereocenters. The Bertz CT molecular complexity index is 502. The zero-order valence-electron chi connectivity index (χ0n) is 8.19. The maximum absolute atomic E-state index is 11.3. The van der Waals surface area contributed by atoms with Gasteiger partial charge < -0.3 is 9.84 Å². The van der Waals surface area contributed by atoms with Crippen molar-refractivity contribution >= 4 is 27.4 Å². The predicted molar refractivity (Wildman–Crippen MR) is 59.1 cm³/mol. The topological polar surface area (TPSA) is 46.5 Å². The van der Waals surface area contributed by atoms with Crippen molar-refractivity contribution in [3.8, 4) is 0 Å². The summed E-state index contributed by atoms with van der Waals surface area (Å²) in [6, 6.07) is 7.39. The molecule has 0 fully saturated rings.